The van der Waals surface area contributed by atoms with Crippen molar-refractivity contribution in [3.8, 4) is 33.4 Å². The third-order valence-electron chi connectivity index (χ3n) is 11.3. The molecule has 1 aromatic heterocycles. The predicted molar refractivity (Wildman–Crippen MR) is 237 cm³/mol. The largest absolute Gasteiger partial charge is 0.455 e. The summed E-state index contributed by atoms with van der Waals surface area (Å²) in [5, 5.41) is 9.59. The number of rotatable bonds is 6. The van der Waals surface area contributed by atoms with Crippen LogP contribution in [-0.2, 0) is 0 Å². The minimum Gasteiger partial charge on any atom is -0.455 e. The van der Waals surface area contributed by atoms with Crippen molar-refractivity contribution in [3.05, 3.63) is 212 Å². The summed E-state index contributed by atoms with van der Waals surface area (Å²) < 4.78 is 6.46. The molecular weight excluding hydrogens is 679 g/mol. The number of anilines is 3. The summed E-state index contributed by atoms with van der Waals surface area (Å²) in [6.45, 7) is 0. The van der Waals surface area contributed by atoms with Crippen LogP contribution in [0.5, 0.6) is 0 Å². The molecule has 0 bridgehead atoms. The molecule has 262 valence electrons. The zero-order valence-electron chi connectivity index (χ0n) is 30.6. The maximum absolute atomic E-state index is 6.46. The normalized spacial score (nSPS) is 11.6. The molecule has 0 spiro atoms. The van der Waals surface area contributed by atoms with Crippen LogP contribution in [-0.4, -0.2) is 0 Å². The van der Waals surface area contributed by atoms with E-state index >= 15 is 0 Å². The number of hydrogen-bond donors (Lipinski definition) is 0. The van der Waals surface area contributed by atoms with Crippen LogP contribution in [0.3, 0.4) is 0 Å². The first-order valence-electron chi connectivity index (χ1n) is 19.2. The average molecular weight is 714 g/mol. The number of benzene rings is 10. The van der Waals surface area contributed by atoms with E-state index in [2.05, 4.69) is 205 Å². The predicted octanol–water partition coefficient (Wildman–Crippen LogP) is 15.5. The summed E-state index contributed by atoms with van der Waals surface area (Å²) in [6.07, 6.45) is 0. The standard InChI is InChI=1S/C54H35NO/c1-2-15-39(16-3-1)52-46-20-6-8-22-48(46)53(49-23-9-7-21-47(49)52)55(40-32-28-37(29-33-40)43-24-12-17-36-14-4-5-18-42(36)43)41-34-30-38(31-35-41)44-25-13-26-50-45-19-10-11-27-51(45)56-54(44)50/h1-35H. The van der Waals surface area contributed by atoms with Gasteiger partial charge in [-0.05, 0) is 79.7 Å². The van der Waals surface area contributed by atoms with E-state index in [-0.39, 0.29) is 0 Å². The van der Waals surface area contributed by atoms with Gasteiger partial charge in [-0.3, -0.25) is 0 Å². The third kappa shape index (κ3) is 5.19. The minimum atomic E-state index is 0.905. The topological polar surface area (TPSA) is 16.4 Å². The van der Waals surface area contributed by atoms with Gasteiger partial charge >= 0.3 is 0 Å². The second-order valence-corrected chi connectivity index (χ2v) is 14.4. The van der Waals surface area contributed by atoms with Gasteiger partial charge in [0.25, 0.3) is 0 Å². The summed E-state index contributed by atoms with van der Waals surface area (Å²) in [5.41, 5.74) is 12.2. The van der Waals surface area contributed by atoms with E-state index in [1.54, 1.807) is 0 Å². The highest BCUT2D eigenvalue weighted by Crippen LogP contribution is 2.48. The summed E-state index contributed by atoms with van der Waals surface area (Å²) in [7, 11) is 0. The van der Waals surface area contributed by atoms with Gasteiger partial charge in [-0.1, -0.05) is 182 Å². The van der Waals surface area contributed by atoms with Crippen LogP contribution in [0.15, 0.2) is 217 Å². The summed E-state index contributed by atoms with van der Waals surface area (Å²) in [5.74, 6) is 0. The van der Waals surface area contributed by atoms with Gasteiger partial charge in [-0.15, -0.1) is 0 Å². The molecule has 0 atom stereocenters. The monoisotopic (exact) mass is 713 g/mol. The van der Waals surface area contributed by atoms with Crippen molar-refractivity contribution in [1.82, 2.24) is 0 Å². The van der Waals surface area contributed by atoms with Gasteiger partial charge in [0.1, 0.15) is 11.2 Å². The Kier molecular flexibility index (Phi) is 7.53. The lowest BCUT2D eigenvalue weighted by Crippen LogP contribution is -2.11. The van der Waals surface area contributed by atoms with Crippen molar-refractivity contribution >= 4 is 71.3 Å². The molecule has 0 N–H and O–H groups in total. The first-order chi connectivity index (χ1) is 27.8. The number of furan rings is 1. The molecule has 0 aliphatic carbocycles. The van der Waals surface area contributed by atoms with Gasteiger partial charge in [0.2, 0.25) is 0 Å². The van der Waals surface area contributed by atoms with Crippen molar-refractivity contribution in [2.75, 3.05) is 4.90 Å². The van der Waals surface area contributed by atoms with E-state index in [0.29, 0.717) is 0 Å². The quantitative estimate of drug-likeness (QED) is 0.160. The van der Waals surface area contributed by atoms with Crippen LogP contribution >= 0.6 is 0 Å². The van der Waals surface area contributed by atoms with Crippen LogP contribution < -0.4 is 4.90 Å². The molecule has 11 aromatic rings. The number of para-hydroxylation sites is 2. The third-order valence-corrected chi connectivity index (χ3v) is 11.3. The molecule has 0 radical (unpaired) electrons. The Hall–Kier alpha value is -7.42. The number of fused-ring (bicyclic) bond motifs is 6. The van der Waals surface area contributed by atoms with Crippen LogP contribution in [0.25, 0.3) is 87.6 Å². The first kappa shape index (κ1) is 32.0. The van der Waals surface area contributed by atoms with Gasteiger partial charge in [0, 0.05) is 38.5 Å². The molecule has 0 aliphatic heterocycles. The Morgan fingerprint density at radius 3 is 1.46 bits per heavy atom. The van der Waals surface area contributed by atoms with Gasteiger partial charge in [0.15, 0.2) is 0 Å². The molecule has 0 fully saturated rings. The van der Waals surface area contributed by atoms with Gasteiger partial charge < -0.3 is 9.32 Å². The zero-order valence-corrected chi connectivity index (χ0v) is 30.6. The van der Waals surface area contributed by atoms with Crippen molar-refractivity contribution in [1.29, 1.82) is 0 Å². The number of hydrogen-bond acceptors (Lipinski definition) is 2. The maximum atomic E-state index is 6.46. The highest BCUT2D eigenvalue weighted by Gasteiger charge is 2.23. The lowest BCUT2D eigenvalue weighted by molar-refractivity contribution is 0.670. The average Bonchev–Trinajstić information content (AvgIpc) is 3.66. The highest BCUT2D eigenvalue weighted by atomic mass is 16.3. The van der Waals surface area contributed by atoms with E-state index < -0.39 is 0 Å². The van der Waals surface area contributed by atoms with Crippen molar-refractivity contribution in [3.63, 3.8) is 0 Å². The van der Waals surface area contributed by atoms with Crippen LogP contribution in [0, 0.1) is 0 Å². The summed E-state index contributed by atoms with van der Waals surface area (Å²) in [6, 6.07) is 76.5. The highest BCUT2D eigenvalue weighted by molar-refractivity contribution is 6.22. The minimum absolute atomic E-state index is 0.905. The van der Waals surface area contributed by atoms with Crippen LogP contribution in [0.4, 0.5) is 17.1 Å². The summed E-state index contributed by atoms with van der Waals surface area (Å²) in [4.78, 5) is 2.44. The molecule has 0 saturated heterocycles. The van der Waals surface area contributed by atoms with Crippen molar-refractivity contribution in [2.45, 2.75) is 0 Å². The molecule has 1 heterocycles. The van der Waals surface area contributed by atoms with E-state index in [9.17, 15) is 0 Å². The molecule has 10 aromatic carbocycles. The van der Waals surface area contributed by atoms with E-state index in [0.717, 1.165) is 50.1 Å². The lowest BCUT2D eigenvalue weighted by atomic mass is 9.90. The number of nitrogens with zero attached hydrogens (tertiary/aromatic N) is 1. The first-order valence-corrected chi connectivity index (χ1v) is 19.2. The molecule has 0 unspecified atom stereocenters. The molecule has 56 heavy (non-hydrogen) atoms. The molecule has 0 amide bonds. The molecule has 2 nitrogen and oxygen atoms in total. The Labute approximate surface area is 325 Å². The fourth-order valence-electron chi connectivity index (χ4n) is 8.70. The SMILES string of the molecule is c1ccc(-c2c3ccccc3c(N(c3ccc(-c4cccc5ccccc45)cc3)c3ccc(-c4cccc5c4oc4ccccc45)cc3)c3ccccc23)cc1. The molecule has 2 heteroatoms. The smallest absolute Gasteiger partial charge is 0.143 e. The van der Waals surface area contributed by atoms with Crippen molar-refractivity contribution < 1.29 is 4.42 Å². The summed E-state index contributed by atoms with van der Waals surface area (Å²) >= 11 is 0. The van der Waals surface area contributed by atoms with E-state index in [1.165, 1.54) is 54.6 Å². The van der Waals surface area contributed by atoms with Crippen molar-refractivity contribution in [2.24, 2.45) is 0 Å². The Bertz CT molecular complexity index is 3170. The second kappa shape index (κ2) is 13.2. The van der Waals surface area contributed by atoms with Crippen LogP contribution in [0.1, 0.15) is 0 Å². The molecular formula is C54H35NO. The fraction of sp³-hybridized carbons (Fsp3) is 0. The Morgan fingerprint density at radius 1 is 0.304 bits per heavy atom. The Balaban J connectivity index is 1.13. The zero-order chi connectivity index (χ0) is 37.0. The molecule has 11 rings (SSSR count). The van der Waals surface area contributed by atoms with Gasteiger partial charge in [-0.25, -0.2) is 0 Å². The van der Waals surface area contributed by atoms with E-state index in [1.807, 2.05) is 12.1 Å². The second-order valence-electron chi connectivity index (χ2n) is 14.4. The van der Waals surface area contributed by atoms with Gasteiger partial charge in [-0.2, -0.15) is 0 Å². The molecule has 0 saturated carbocycles. The van der Waals surface area contributed by atoms with Gasteiger partial charge in [0.05, 0.1) is 5.69 Å². The maximum Gasteiger partial charge on any atom is 0.143 e. The van der Waals surface area contributed by atoms with Crippen LogP contribution in [0.2, 0.25) is 0 Å². The van der Waals surface area contributed by atoms with E-state index in [4.69, 9.17) is 4.42 Å². The Morgan fingerprint density at radius 2 is 0.786 bits per heavy atom. The lowest BCUT2D eigenvalue weighted by Gasteiger charge is -2.30. The fourth-order valence-corrected chi connectivity index (χ4v) is 8.70. The molecule has 0 aliphatic rings.